The average Bonchev–Trinajstić information content (AvgIpc) is 3.06. The molecule has 184 valence electrons. The molecule has 0 aromatic rings. The van der Waals surface area contributed by atoms with E-state index in [4.69, 9.17) is 5.73 Å². The Kier molecular flexibility index (Phi) is 12.7. The summed E-state index contributed by atoms with van der Waals surface area (Å²) >= 11 is 0. The molecule has 0 aromatic heterocycles. The van der Waals surface area contributed by atoms with Crippen LogP contribution in [0, 0.1) is 0 Å². The Balaban J connectivity index is 1.80. The predicted octanol–water partition coefficient (Wildman–Crippen LogP) is 4.34. The summed E-state index contributed by atoms with van der Waals surface area (Å²) in [6, 6.07) is -0.245. The third kappa shape index (κ3) is 9.08. The first-order chi connectivity index (χ1) is 15.6. The molecule has 1 saturated heterocycles. The molecular weight excluding hydrogens is 404 g/mol. The van der Waals surface area contributed by atoms with E-state index in [-0.39, 0.29) is 36.5 Å². The third-order valence-electron chi connectivity index (χ3n) is 6.83. The number of rotatable bonds is 16. The Morgan fingerprint density at radius 3 is 2.38 bits per heavy atom. The first-order valence-corrected chi connectivity index (χ1v) is 13.2. The zero-order valence-corrected chi connectivity index (χ0v) is 20.3. The Morgan fingerprint density at radius 1 is 1.00 bits per heavy atom. The maximum atomic E-state index is 13.0. The van der Waals surface area contributed by atoms with E-state index in [1.54, 1.807) is 4.90 Å². The van der Waals surface area contributed by atoms with Crippen LogP contribution in [0.2, 0.25) is 0 Å². The number of amides is 4. The minimum Gasteiger partial charge on any atom is -0.352 e. The summed E-state index contributed by atoms with van der Waals surface area (Å²) in [5.41, 5.74) is 5.64. The van der Waals surface area contributed by atoms with Gasteiger partial charge in [0, 0.05) is 25.0 Å². The molecule has 1 heterocycles. The van der Waals surface area contributed by atoms with Crippen molar-refractivity contribution in [1.29, 1.82) is 0 Å². The van der Waals surface area contributed by atoms with Crippen LogP contribution in [0.1, 0.15) is 110 Å². The summed E-state index contributed by atoms with van der Waals surface area (Å²) in [5.74, 6) is -0.0320. The predicted molar refractivity (Wildman–Crippen MR) is 128 cm³/mol. The fourth-order valence-electron chi connectivity index (χ4n) is 4.96. The number of carbonyl (C=O) groups is 3. The van der Waals surface area contributed by atoms with Gasteiger partial charge in [0.15, 0.2) is 0 Å². The molecular formula is C25H46N4O3. The molecule has 32 heavy (non-hydrogen) atoms. The van der Waals surface area contributed by atoms with Crippen molar-refractivity contribution >= 4 is 17.8 Å². The minimum absolute atomic E-state index is 0.0522. The Morgan fingerprint density at radius 2 is 1.69 bits per heavy atom. The van der Waals surface area contributed by atoms with Crippen LogP contribution < -0.4 is 11.1 Å². The lowest BCUT2D eigenvalue weighted by Crippen LogP contribution is -2.46. The van der Waals surface area contributed by atoms with Gasteiger partial charge < -0.3 is 16.0 Å². The van der Waals surface area contributed by atoms with E-state index in [0.29, 0.717) is 19.5 Å². The summed E-state index contributed by atoms with van der Waals surface area (Å²) in [6.45, 7) is 3.38. The van der Waals surface area contributed by atoms with Crippen LogP contribution in [-0.4, -0.2) is 59.4 Å². The Hall–Kier alpha value is -1.63. The molecule has 1 atom stereocenters. The van der Waals surface area contributed by atoms with Crippen LogP contribution in [0.15, 0.2) is 0 Å². The molecule has 0 spiro atoms. The van der Waals surface area contributed by atoms with Gasteiger partial charge in [-0.3, -0.25) is 14.5 Å². The van der Waals surface area contributed by atoms with Crippen molar-refractivity contribution in [2.24, 2.45) is 5.73 Å². The summed E-state index contributed by atoms with van der Waals surface area (Å²) in [7, 11) is 0. The third-order valence-corrected chi connectivity index (χ3v) is 6.83. The van der Waals surface area contributed by atoms with Crippen LogP contribution in [0.4, 0.5) is 4.79 Å². The van der Waals surface area contributed by atoms with E-state index in [9.17, 15) is 14.4 Å². The zero-order valence-electron chi connectivity index (χ0n) is 20.3. The number of nitrogens with two attached hydrogens (primary N) is 1. The molecule has 7 nitrogen and oxygen atoms in total. The maximum Gasteiger partial charge on any atom is 0.327 e. The maximum absolute atomic E-state index is 13.0. The molecule has 1 saturated carbocycles. The number of imide groups is 1. The highest BCUT2D eigenvalue weighted by Gasteiger charge is 2.41. The lowest BCUT2D eigenvalue weighted by atomic mass is 9.94. The molecule has 1 aliphatic heterocycles. The molecule has 2 aliphatic rings. The van der Waals surface area contributed by atoms with Gasteiger partial charge in [-0.25, -0.2) is 4.79 Å². The van der Waals surface area contributed by atoms with Crippen molar-refractivity contribution in [2.45, 2.75) is 122 Å². The van der Waals surface area contributed by atoms with Crippen molar-refractivity contribution in [3.63, 3.8) is 0 Å². The van der Waals surface area contributed by atoms with Gasteiger partial charge in [-0.05, 0) is 38.6 Å². The average molecular weight is 451 g/mol. The first-order valence-electron chi connectivity index (χ1n) is 13.2. The van der Waals surface area contributed by atoms with Crippen LogP contribution in [0.5, 0.6) is 0 Å². The number of nitrogens with zero attached hydrogens (tertiary/aromatic N) is 2. The van der Waals surface area contributed by atoms with Gasteiger partial charge in [0.2, 0.25) is 5.91 Å². The SMILES string of the molecule is CCCCCCCCCC(=O)NC(CCCCN)CN1CC(=O)N(C2CCCCC2)C1=O. The first kappa shape index (κ1) is 26.6. The highest BCUT2D eigenvalue weighted by molar-refractivity contribution is 6.02. The topological polar surface area (TPSA) is 95.7 Å². The van der Waals surface area contributed by atoms with Crippen molar-refractivity contribution < 1.29 is 14.4 Å². The summed E-state index contributed by atoms with van der Waals surface area (Å²) in [4.78, 5) is 41.2. The highest BCUT2D eigenvalue weighted by atomic mass is 16.2. The second-order valence-electron chi connectivity index (χ2n) is 9.64. The van der Waals surface area contributed by atoms with Crippen LogP contribution >= 0.6 is 0 Å². The second kappa shape index (κ2) is 15.3. The molecule has 0 aromatic carbocycles. The van der Waals surface area contributed by atoms with Crippen molar-refractivity contribution in [3.05, 3.63) is 0 Å². The molecule has 3 N–H and O–H groups in total. The van der Waals surface area contributed by atoms with Gasteiger partial charge in [0.05, 0.1) is 0 Å². The molecule has 2 fully saturated rings. The monoisotopic (exact) mass is 450 g/mol. The number of hydrogen-bond acceptors (Lipinski definition) is 4. The van der Waals surface area contributed by atoms with E-state index >= 15 is 0 Å². The Labute approximate surface area is 194 Å². The van der Waals surface area contributed by atoms with Crippen molar-refractivity contribution in [2.75, 3.05) is 19.6 Å². The van der Waals surface area contributed by atoms with Gasteiger partial charge in [-0.15, -0.1) is 0 Å². The van der Waals surface area contributed by atoms with Gasteiger partial charge in [-0.2, -0.15) is 0 Å². The number of nitrogens with one attached hydrogen (secondary N) is 1. The smallest absolute Gasteiger partial charge is 0.327 e. The Bertz CT molecular complexity index is 578. The highest BCUT2D eigenvalue weighted by Crippen LogP contribution is 2.26. The lowest BCUT2D eigenvalue weighted by Gasteiger charge is -2.30. The van der Waals surface area contributed by atoms with Crippen molar-refractivity contribution in [3.8, 4) is 0 Å². The molecule has 0 radical (unpaired) electrons. The fourth-order valence-corrected chi connectivity index (χ4v) is 4.96. The quantitative estimate of drug-likeness (QED) is 0.270. The van der Waals surface area contributed by atoms with E-state index in [1.165, 1.54) is 43.4 Å². The second-order valence-corrected chi connectivity index (χ2v) is 9.64. The van der Waals surface area contributed by atoms with Crippen molar-refractivity contribution in [1.82, 2.24) is 15.1 Å². The van der Waals surface area contributed by atoms with Crippen LogP contribution in [0.3, 0.4) is 0 Å². The number of hydrogen-bond donors (Lipinski definition) is 2. The summed E-state index contributed by atoms with van der Waals surface area (Å²) in [6.07, 6.45) is 16.5. The number of carbonyl (C=O) groups excluding carboxylic acids is 3. The summed E-state index contributed by atoms with van der Waals surface area (Å²) < 4.78 is 0. The number of urea groups is 1. The van der Waals surface area contributed by atoms with E-state index in [2.05, 4.69) is 12.2 Å². The van der Waals surface area contributed by atoms with Crippen LogP contribution in [-0.2, 0) is 9.59 Å². The molecule has 0 bridgehead atoms. The fraction of sp³-hybridized carbons (Fsp3) is 0.880. The molecule has 1 unspecified atom stereocenters. The number of unbranched alkanes of at least 4 members (excludes halogenated alkanes) is 7. The van der Waals surface area contributed by atoms with Crippen LogP contribution in [0.25, 0.3) is 0 Å². The molecule has 4 amide bonds. The van der Waals surface area contributed by atoms with Gasteiger partial charge in [0.25, 0.3) is 5.91 Å². The van der Waals surface area contributed by atoms with E-state index in [0.717, 1.165) is 57.8 Å². The van der Waals surface area contributed by atoms with Gasteiger partial charge in [0.1, 0.15) is 6.54 Å². The van der Waals surface area contributed by atoms with E-state index in [1.807, 2.05) is 0 Å². The normalized spacial score (nSPS) is 18.4. The minimum atomic E-state index is -0.174. The van der Waals surface area contributed by atoms with Gasteiger partial charge in [-0.1, -0.05) is 71.1 Å². The zero-order chi connectivity index (χ0) is 23.2. The standard InChI is InChI=1S/C25H46N4O3/c1-2-3-4-5-6-7-11-17-23(30)27-21(14-12-13-18-26)19-28-20-24(31)29(25(28)32)22-15-9-8-10-16-22/h21-22H,2-20,26H2,1H3,(H,27,30). The molecule has 7 heteroatoms. The molecule has 1 aliphatic carbocycles. The van der Waals surface area contributed by atoms with E-state index < -0.39 is 0 Å². The van der Waals surface area contributed by atoms with Gasteiger partial charge >= 0.3 is 6.03 Å². The molecule has 2 rings (SSSR count). The summed E-state index contributed by atoms with van der Waals surface area (Å²) in [5, 5.41) is 3.14. The largest absolute Gasteiger partial charge is 0.352 e. The lowest BCUT2D eigenvalue weighted by molar-refractivity contribution is -0.127.